The second-order valence-electron chi connectivity index (χ2n) is 7.17. The summed E-state index contributed by atoms with van der Waals surface area (Å²) in [6.45, 7) is 1.97. The zero-order chi connectivity index (χ0) is 19.6. The first-order chi connectivity index (χ1) is 12.8. The minimum Gasteiger partial charge on any atom is -0.352 e. The molecule has 1 heterocycles. The molecular weight excluding hydrogens is 373 g/mol. The molecule has 1 aromatic rings. The first-order valence-electron chi connectivity index (χ1n) is 9.14. The summed E-state index contributed by atoms with van der Waals surface area (Å²) in [5.74, 6) is -1.58. The lowest BCUT2D eigenvalue weighted by Gasteiger charge is -2.31. The number of benzene rings is 1. The lowest BCUT2D eigenvalue weighted by molar-refractivity contribution is -0.131. The van der Waals surface area contributed by atoms with Crippen LogP contribution >= 0.6 is 0 Å². The third-order valence-electron chi connectivity index (χ3n) is 4.88. The van der Waals surface area contributed by atoms with E-state index < -0.39 is 27.8 Å². The molecule has 0 radical (unpaired) electrons. The largest absolute Gasteiger partial charge is 0.352 e. The average Bonchev–Trinajstić information content (AvgIpc) is 3.46. The summed E-state index contributed by atoms with van der Waals surface area (Å²) in [6, 6.07) is 4.18. The molecule has 27 heavy (non-hydrogen) atoms. The van der Waals surface area contributed by atoms with Crippen LogP contribution in [-0.2, 0) is 19.6 Å². The Morgan fingerprint density at radius 2 is 1.85 bits per heavy atom. The number of hydrogen-bond donors (Lipinski definition) is 2. The summed E-state index contributed by atoms with van der Waals surface area (Å²) >= 11 is 0. The van der Waals surface area contributed by atoms with Crippen molar-refractivity contribution in [1.82, 2.24) is 14.9 Å². The third kappa shape index (κ3) is 4.84. The molecule has 1 unspecified atom stereocenters. The van der Waals surface area contributed by atoms with E-state index in [1.54, 1.807) is 6.92 Å². The summed E-state index contributed by atoms with van der Waals surface area (Å²) in [4.78, 5) is 24.5. The summed E-state index contributed by atoms with van der Waals surface area (Å²) in [6.07, 6.45) is 3.02. The van der Waals surface area contributed by atoms with E-state index in [9.17, 15) is 22.4 Å². The quantitative estimate of drug-likeness (QED) is 0.749. The van der Waals surface area contributed by atoms with E-state index in [1.807, 2.05) is 0 Å². The van der Waals surface area contributed by atoms with Gasteiger partial charge in [-0.3, -0.25) is 9.59 Å². The van der Waals surface area contributed by atoms with Gasteiger partial charge in [-0.1, -0.05) is 0 Å². The number of rotatable bonds is 6. The minimum absolute atomic E-state index is 0.00198. The summed E-state index contributed by atoms with van der Waals surface area (Å²) in [5, 5.41) is 5.51. The highest BCUT2D eigenvalue weighted by molar-refractivity contribution is 7.89. The molecular formula is C18H24FN3O4S. The maximum Gasteiger partial charge on any atom is 0.243 e. The molecule has 148 valence electrons. The smallest absolute Gasteiger partial charge is 0.243 e. The normalized spacial score (nSPS) is 22.1. The van der Waals surface area contributed by atoms with Crippen LogP contribution < -0.4 is 10.6 Å². The fourth-order valence-electron chi connectivity index (χ4n) is 3.08. The minimum atomic E-state index is -3.79. The van der Waals surface area contributed by atoms with Gasteiger partial charge in [0, 0.05) is 19.1 Å². The Bertz CT molecular complexity index is 808. The predicted molar refractivity (Wildman–Crippen MR) is 96.7 cm³/mol. The molecule has 1 aliphatic heterocycles. The highest BCUT2D eigenvalue weighted by Crippen LogP contribution is 2.24. The van der Waals surface area contributed by atoms with Gasteiger partial charge in [0.25, 0.3) is 0 Å². The van der Waals surface area contributed by atoms with Gasteiger partial charge in [-0.15, -0.1) is 0 Å². The highest BCUT2D eigenvalue weighted by atomic mass is 32.2. The molecule has 0 bridgehead atoms. The number of nitrogens with zero attached hydrogens (tertiary/aromatic N) is 1. The molecule has 2 aliphatic rings. The molecule has 7 nitrogen and oxygen atoms in total. The van der Waals surface area contributed by atoms with E-state index in [-0.39, 0.29) is 29.3 Å². The van der Waals surface area contributed by atoms with Crippen molar-refractivity contribution < 1.29 is 22.4 Å². The zero-order valence-corrected chi connectivity index (χ0v) is 16.0. The fourth-order valence-corrected chi connectivity index (χ4v) is 4.60. The summed E-state index contributed by atoms with van der Waals surface area (Å²) in [5.41, 5.74) is 0. The highest BCUT2D eigenvalue weighted by Gasteiger charge is 2.34. The van der Waals surface area contributed by atoms with Gasteiger partial charge in [0.1, 0.15) is 11.9 Å². The van der Waals surface area contributed by atoms with Crippen LogP contribution in [0.5, 0.6) is 0 Å². The molecule has 3 rings (SSSR count). The van der Waals surface area contributed by atoms with Gasteiger partial charge in [0.2, 0.25) is 21.8 Å². The molecule has 2 fully saturated rings. The molecule has 1 aromatic carbocycles. The van der Waals surface area contributed by atoms with Crippen LogP contribution in [-0.4, -0.2) is 49.7 Å². The van der Waals surface area contributed by atoms with Gasteiger partial charge < -0.3 is 10.6 Å². The maximum absolute atomic E-state index is 13.1. The SMILES string of the molecule is C[C@H](NC(=O)C1CCCN(S(=O)(=O)c2ccc(F)cc2)C1)C(=O)NC1CC1. The van der Waals surface area contributed by atoms with Crippen molar-refractivity contribution in [1.29, 1.82) is 0 Å². The molecule has 1 saturated heterocycles. The monoisotopic (exact) mass is 397 g/mol. The molecule has 1 aliphatic carbocycles. The van der Waals surface area contributed by atoms with Crippen LogP contribution in [0, 0.1) is 11.7 Å². The van der Waals surface area contributed by atoms with E-state index >= 15 is 0 Å². The van der Waals surface area contributed by atoms with Crippen molar-refractivity contribution in [3.8, 4) is 0 Å². The molecule has 2 amide bonds. The van der Waals surface area contributed by atoms with Crippen LogP contribution in [0.15, 0.2) is 29.2 Å². The van der Waals surface area contributed by atoms with Crippen LogP contribution in [0.1, 0.15) is 32.6 Å². The molecule has 0 spiro atoms. The Balaban J connectivity index is 1.61. The molecule has 1 saturated carbocycles. The van der Waals surface area contributed by atoms with Gasteiger partial charge in [-0.05, 0) is 56.9 Å². The number of hydrogen-bond acceptors (Lipinski definition) is 4. The Morgan fingerprint density at radius 1 is 1.19 bits per heavy atom. The number of halogens is 1. The van der Waals surface area contributed by atoms with Gasteiger partial charge in [0.15, 0.2) is 0 Å². The number of sulfonamides is 1. The van der Waals surface area contributed by atoms with Gasteiger partial charge >= 0.3 is 0 Å². The first kappa shape index (κ1) is 19.8. The molecule has 2 N–H and O–H groups in total. The lowest BCUT2D eigenvalue weighted by atomic mass is 9.98. The van der Waals surface area contributed by atoms with E-state index in [4.69, 9.17) is 0 Å². The van der Waals surface area contributed by atoms with Crippen molar-refractivity contribution in [2.75, 3.05) is 13.1 Å². The summed E-state index contributed by atoms with van der Waals surface area (Å²) < 4.78 is 39.8. The predicted octanol–water partition coefficient (Wildman–Crippen LogP) is 1.01. The average molecular weight is 397 g/mol. The second-order valence-corrected chi connectivity index (χ2v) is 9.11. The number of nitrogens with one attached hydrogen (secondary N) is 2. The van der Waals surface area contributed by atoms with Crippen molar-refractivity contribution >= 4 is 21.8 Å². The van der Waals surface area contributed by atoms with E-state index in [0.717, 1.165) is 25.0 Å². The van der Waals surface area contributed by atoms with Gasteiger partial charge in [-0.25, -0.2) is 12.8 Å². The molecule has 0 aromatic heterocycles. The van der Waals surface area contributed by atoms with Crippen LogP contribution in [0.2, 0.25) is 0 Å². The van der Waals surface area contributed by atoms with Crippen molar-refractivity contribution in [2.45, 2.75) is 49.6 Å². The van der Waals surface area contributed by atoms with Crippen molar-refractivity contribution in [2.24, 2.45) is 5.92 Å². The Labute approximate surface area is 158 Å². The Hall–Kier alpha value is -2.00. The molecule has 2 atom stereocenters. The second kappa shape index (κ2) is 7.93. The number of carbonyl (C=O) groups is 2. The van der Waals surface area contributed by atoms with Crippen LogP contribution in [0.25, 0.3) is 0 Å². The number of carbonyl (C=O) groups excluding carboxylic acids is 2. The third-order valence-corrected chi connectivity index (χ3v) is 6.76. The Kier molecular flexibility index (Phi) is 5.81. The van der Waals surface area contributed by atoms with Crippen molar-refractivity contribution in [3.05, 3.63) is 30.1 Å². The molecule has 9 heteroatoms. The first-order valence-corrected chi connectivity index (χ1v) is 10.6. The van der Waals surface area contributed by atoms with Gasteiger partial charge in [-0.2, -0.15) is 4.31 Å². The Morgan fingerprint density at radius 3 is 2.48 bits per heavy atom. The zero-order valence-electron chi connectivity index (χ0n) is 15.2. The van der Waals surface area contributed by atoms with Gasteiger partial charge in [0.05, 0.1) is 10.8 Å². The standard InChI is InChI=1S/C18H24FN3O4S/c1-12(17(23)21-15-6-7-15)20-18(24)13-3-2-10-22(11-13)27(25,26)16-8-4-14(19)5-9-16/h4-5,8-9,12-13,15H,2-3,6-7,10-11H2,1H3,(H,20,24)(H,21,23)/t12-,13?/m0/s1. The van der Waals surface area contributed by atoms with Crippen LogP contribution in [0.4, 0.5) is 4.39 Å². The van der Waals surface area contributed by atoms with Crippen LogP contribution in [0.3, 0.4) is 0 Å². The summed E-state index contributed by atoms with van der Waals surface area (Å²) in [7, 11) is -3.79. The van der Waals surface area contributed by atoms with E-state index in [2.05, 4.69) is 10.6 Å². The van der Waals surface area contributed by atoms with E-state index in [1.165, 1.54) is 16.4 Å². The lowest BCUT2D eigenvalue weighted by Crippen LogP contribution is -2.50. The maximum atomic E-state index is 13.1. The topological polar surface area (TPSA) is 95.6 Å². The van der Waals surface area contributed by atoms with E-state index in [0.29, 0.717) is 19.4 Å². The number of amides is 2. The van der Waals surface area contributed by atoms with Crippen molar-refractivity contribution in [3.63, 3.8) is 0 Å². The fraction of sp³-hybridized carbons (Fsp3) is 0.556. The number of piperidine rings is 1.